The second-order valence-corrected chi connectivity index (χ2v) is 4.08. The predicted octanol–water partition coefficient (Wildman–Crippen LogP) is 1.98. The van der Waals surface area contributed by atoms with E-state index in [2.05, 4.69) is 15.3 Å². The molecule has 0 aliphatic rings. The molecule has 2 aromatic rings. The summed E-state index contributed by atoms with van der Waals surface area (Å²) in [5.41, 5.74) is 0.259. The molecule has 0 saturated heterocycles. The first-order valence-corrected chi connectivity index (χ1v) is 5.57. The first-order chi connectivity index (χ1) is 8.58. The van der Waals surface area contributed by atoms with Crippen LogP contribution in [0.15, 0.2) is 35.3 Å². The molecule has 0 bridgehead atoms. The van der Waals surface area contributed by atoms with Gasteiger partial charge in [-0.05, 0) is 31.2 Å². The smallest absolute Gasteiger partial charge is 0.262 e. The average molecular weight is 264 g/mol. The summed E-state index contributed by atoms with van der Waals surface area (Å²) in [6, 6.07) is 6.36. The number of hydrogen-bond acceptors (Lipinski definition) is 3. The number of nitrogens with one attached hydrogen (secondary N) is 2. The lowest BCUT2D eigenvalue weighted by Gasteiger charge is -2.05. The predicted molar refractivity (Wildman–Crippen MR) is 69.0 cm³/mol. The summed E-state index contributed by atoms with van der Waals surface area (Å²) >= 11 is 5.86. The van der Waals surface area contributed by atoms with Crippen LogP contribution >= 0.6 is 11.6 Å². The monoisotopic (exact) mass is 263 g/mol. The first kappa shape index (κ1) is 12.3. The molecule has 6 heteroatoms. The van der Waals surface area contributed by atoms with E-state index in [4.69, 9.17) is 11.6 Å². The topological polar surface area (TPSA) is 74.8 Å². The highest BCUT2D eigenvalue weighted by Crippen LogP contribution is 2.17. The minimum absolute atomic E-state index is 0.0160. The minimum Gasteiger partial charge on any atom is -0.326 e. The van der Waals surface area contributed by atoms with Crippen molar-refractivity contribution in [3.05, 3.63) is 57.1 Å². The number of amides is 1. The van der Waals surface area contributed by atoms with Crippen molar-refractivity contribution < 1.29 is 4.79 Å². The van der Waals surface area contributed by atoms with Gasteiger partial charge in [-0.25, -0.2) is 4.98 Å². The van der Waals surface area contributed by atoms with Crippen LogP contribution in [0, 0.1) is 6.92 Å². The molecule has 2 N–H and O–H groups in total. The molecule has 1 amide bonds. The SMILES string of the molecule is Cc1ccc(C(=O)Nc2ncccc2Cl)c(=O)[nH]1. The summed E-state index contributed by atoms with van der Waals surface area (Å²) in [7, 11) is 0. The van der Waals surface area contributed by atoms with Crippen LogP contribution in [0.1, 0.15) is 16.1 Å². The second-order valence-electron chi connectivity index (χ2n) is 3.67. The maximum absolute atomic E-state index is 11.9. The van der Waals surface area contributed by atoms with E-state index in [-0.39, 0.29) is 11.4 Å². The van der Waals surface area contributed by atoms with Gasteiger partial charge in [0.25, 0.3) is 11.5 Å². The fraction of sp³-hybridized carbons (Fsp3) is 0.0833. The quantitative estimate of drug-likeness (QED) is 0.870. The van der Waals surface area contributed by atoms with Crippen molar-refractivity contribution in [3.8, 4) is 0 Å². The number of carbonyl (C=O) groups excluding carboxylic acids is 1. The molecule has 2 heterocycles. The van der Waals surface area contributed by atoms with Crippen molar-refractivity contribution in [1.82, 2.24) is 9.97 Å². The number of nitrogens with zero attached hydrogens (tertiary/aromatic N) is 1. The highest BCUT2D eigenvalue weighted by Gasteiger charge is 2.12. The summed E-state index contributed by atoms with van der Waals surface area (Å²) in [4.78, 5) is 29.9. The molecule has 5 nitrogen and oxygen atoms in total. The van der Waals surface area contributed by atoms with Crippen molar-refractivity contribution in [2.24, 2.45) is 0 Å². The highest BCUT2D eigenvalue weighted by atomic mass is 35.5. The Balaban J connectivity index is 2.28. The molecule has 0 radical (unpaired) electrons. The number of aromatic nitrogens is 2. The summed E-state index contributed by atoms with van der Waals surface area (Å²) in [6.45, 7) is 1.73. The summed E-state index contributed by atoms with van der Waals surface area (Å²) in [6.07, 6.45) is 1.50. The van der Waals surface area contributed by atoms with E-state index in [1.165, 1.54) is 12.3 Å². The second kappa shape index (κ2) is 5.01. The van der Waals surface area contributed by atoms with Gasteiger partial charge in [-0.15, -0.1) is 0 Å². The van der Waals surface area contributed by atoms with Gasteiger partial charge in [0.05, 0.1) is 5.02 Å². The van der Waals surface area contributed by atoms with E-state index in [1.54, 1.807) is 25.1 Å². The number of pyridine rings is 2. The first-order valence-electron chi connectivity index (χ1n) is 5.20. The van der Waals surface area contributed by atoms with Crippen molar-refractivity contribution in [2.75, 3.05) is 5.32 Å². The molecule has 18 heavy (non-hydrogen) atoms. The molecule has 0 fully saturated rings. The third-order valence-corrected chi connectivity index (χ3v) is 2.60. The lowest BCUT2D eigenvalue weighted by molar-refractivity contribution is 0.102. The Hall–Kier alpha value is -2.14. The summed E-state index contributed by atoms with van der Waals surface area (Å²) in [5, 5.41) is 2.80. The van der Waals surface area contributed by atoms with Gasteiger partial charge < -0.3 is 10.3 Å². The Morgan fingerprint density at radius 2 is 2.17 bits per heavy atom. The molecule has 0 saturated carbocycles. The molecular formula is C12H10ClN3O2. The zero-order chi connectivity index (χ0) is 13.1. The number of anilines is 1. The zero-order valence-electron chi connectivity index (χ0n) is 9.53. The zero-order valence-corrected chi connectivity index (χ0v) is 10.3. The van der Waals surface area contributed by atoms with Gasteiger partial charge >= 0.3 is 0 Å². The molecule has 0 spiro atoms. The molecule has 0 aliphatic carbocycles. The van der Waals surface area contributed by atoms with E-state index in [9.17, 15) is 9.59 Å². The number of H-pyrrole nitrogens is 1. The number of hydrogen-bond donors (Lipinski definition) is 2. The Morgan fingerprint density at radius 1 is 1.39 bits per heavy atom. The van der Waals surface area contributed by atoms with Crippen LogP contribution < -0.4 is 10.9 Å². The van der Waals surface area contributed by atoms with E-state index >= 15 is 0 Å². The van der Waals surface area contributed by atoms with Gasteiger partial charge in [0.15, 0.2) is 5.82 Å². The largest absolute Gasteiger partial charge is 0.326 e. The lowest BCUT2D eigenvalue weighted by atomic mass is 10.2. The minimum atomic E-state index is -0.545. The van der Waals surface area contributed by atoms with Crippen LogP contribution in [0.4, 0.5) is 5.82 Å². The third-order valence-electron chi connectivity index (χ3n) is 2.29. The van der Waals surface area contributed by atoms with Gasteiger partial charge in [0.2, 0.25) is 0 Å². The third kappa shape index (κ3) is 2.57. The Bertz CT molecular complexity index is 652. The van der Waals surface area contributed by atoms with Crippen LogP contribution in [0.2, 0.25) is 5.02 Å². The van der Waals surface area contributed by atoms with E-state index in [0.29, 0.717) is 10.7 Å². The molecule has 0 aromatic carbocycles. The maximum atomic E-state index is 11.9. The van der Waals surface area contributed by atoms with E-state index in [0.717, 1.165) is 0 Å². The molecule has 2 rings (SSSR count). The summed E-state index contributed by atoms with van der Waals surface area (Å²) < 4.78 is 0. The van der Waals surface area contributed by atoms with Crippen LogP contribution in [0.3, 0.4) is 0 Å². The van der Waals surface area contributed by atoms with Crippen molar-refractivity contribution in [3.63, 3.8) is 0 Å². The summed E-state index contributed by atoms with van der Waals surface area (Å²) in [5.74, 6) is -0.319. The number of aromatic amines is 1. The number of halogens is 1. The molecule has 92 valence electrons. The maximum Gasteiger partial charge on any atom is 0.262 e. The molecule has 2 aromatic heterocycles. The van der Waals surface area contributed by atoms with Gasteiger partial charge in [-0.3, -0.25) is 9.59 Å². The van der Waals surface area contributed by atoms with Crippen LogP contribution in [0.25, 0.3) is 0 Å². The van der Waals surface area contributed by atoms with Crippen molar-refractivity contribution in [2.45, 2.75) is 6.92 Å². The lowest BCUT2D eigenvalue weighted by Crippen LogP contribution is -2.23. The molecular weight excluding hydrogens is 254 g/mol. The fourth-order valence-corrected chi connectivity index (χ4v) is 1.57. The molecule has 0 unspecified atom stereocenters. The van der Waals surface area contributed by atoms with Gasteiger partial charge in [-0.1, -0.05) is 11.6 Å². The van der Waals surface area contributed by atoms with Crippen molar-refractivity contribution >= 4 is 23.3 Å². The number of carbonyl (C=O) groups is 1. The molecule has 0 aliphatic heterocycles. The Morgan fingerprint density at radius 3 is 2.83 bits per heavy atom. The number of rotatable bonds is 2. The van der Waals surface area contributed by atoms with Gasteiger partial charge in [-0.2, -0.15) is 0 Å². The van der Waals surface area contributed by atoms with E-state index < -0.39 is 11.5 Å². The molecule has 0 atom stereocenters. The van der Waals surface area contributed by atoms with Crippen LogP contribution in [-0.4, -0.2) is 15.9 Å². The van der Waals surface area contributed by atoms with E-state index in [1.807, 2.05) is 0 Å². The van der Waals surface area contributed by atoms with Crippen LogP contribution in [-0.2, 0) is 0 Å². The normalized spacial score (nSPS) is 10.1. The highest BCUT2D eigenvalue weighted by molar-refractivity contribution is 6.33. The van der Waals surface area contributed by atoms with Crippen molar-refractivity contribution in [1.29, 1.82) is 0 Å². The Kier molecular flexibility index (Phi) is 3.43. The van der Waals surface area contributed by atoms with Gasteiger partial charge in [0, 0.05) is 11.9 Å². The van der Waals surface area contributed by atoms with Crippen LogP contribution in [0.5, 0.6) is 0 Å². The van der Waals surface area contributed by atoms with Gasteiger partial charge in [0.1, 0.15) is 5.56 Å². The fourth-order valence-electron chi connectivity index (χ4n) is 1.40. The number of aryl methyl sites for hydroxylation is 1. The average Bonchev–Trinajstić information content (AvgIpc) is 2.32. The Labute approximate surface area is 108 Å². The standard InChI is InChI=1S/C12H10ClN3O2/c1-7-4-5-8(11(17)15-7)12(18)16-10-9(13)3-2-6-14-10/h2-6H,1H3,(H,15,17)(H,14,16,18).